The monoisotopic (exact) mass is 159 g/mol. The van der Waals surface area contributed by atoms with E-state index >= 15 is 0 Å². The lowest BCUT2D eigenvalue weighted by molar-refractivity contribution is 0.00993. The highest BCUT2D eigenvalue weighted by atomic mass is 79.9. The fourth-order valence-corrected chi connectivity index (χ4v) is 0. The molecule has 0 fully saturated rings. The Morgan fingerprint density at radius 3 is 1.83 bits per heavy atom. The lowest BCUT2D eigenvalue weighted by atomic mass is 10.8. The molecular weight excluding hydrogens is 158 g/mol. The van der Waals surface area contributed by atoms with Crippen LogP contribution in [-0.4, -0.2) is 11.4 Å². The highest BCUT2D eigenvalue weighted by Gasteiger charge is 2.22. The Hall–Kier alpha value is 0.300. The van der Waals surface area contributed by atoms with E-state index in [-0.39, 0.29) is 0 Å². The molecule has 0 aromatic carbocycles. The van der Waals surface area contributed by atoms with Gasteiger partial charge >= 0.3 is 4.83 Å². The van der Waals surface area contributed by atoms with Crippen molar-refractivity contribution in [1.82, 2.24) is 0 Å². The van der Waals surface area contributed by atoms with Crippen LogP contribution in [0.1, 0.15) is 0 Å². The van der Waals surface area contributed by atoms with Gasteiger partial charge in [-0.15, -0.1) is 0 Å². The molecule has 0 saturated carbocycles. The molecule has 0 spiro atoms. The molecular formula is C2H2BrF2O. The van der Waals surface area contributed by atoms with E-state index in [2.05, 4.69) is 0 Å². The Balaban J connectivity index is 3.17. The molecule has 1 nitrogen and oxygen atoms in total. The van der Waals surface area contributed by atoms with Crippen LogP contribution in [-0.2, 0) is 5.11 Å². The highest BCUT2D eigenvalue weighted by Crippen LogP contribution is 2.19. The molecule has 4 heteroatoms. The molecule has 0 heterocycles. The molecule has 0 aliphatic rings. The Morgan fingerprint density at radius 1 is 1.67 bits per heavy atom. The third-order valence-electron chi connectivity index (χ3n) is 0.164. The molecule has 0 aromatic heterocycles. The molecule has 0 rings (SSSR count). The van der Waals surface area contributed by atoms with Crippen molar-refractivity contribution in [3.05, 3.63) is 0 Å². The minimum Gasteiger partial charge on any atom is -0.229 e. The summed E-state index contributed by atoms with van der Waals surface area (Å²) in [6, 6.07) is 0. The zero-order valence-electron chi connectivity index (χ0n) is 2.75. The van der Waals surface area contributed by atoms with Crippen LogP contribution < -0.4 is 0 Å². The number of alkyl halides is 3. The number of rotatable bonds is 1. The van der Waals surface area contributed by atoms with Gasteiger partial charge in [-0.25, -0.2) is 5.11 Å². The van der Waals surface area contributed by atoms with Gasteiger partial charge in [0.15, 0.2) is 6.61 Å². The van der Waals surface area contributed by atoms with Crippen molar-refractivity contribution in [3.8, 4) is 0 Å². The normalized spacial score (nSPS) is 12.0. The third kappa shape index (κ3) is 4.30. The molecule has 37 valence electrons. The summed E-state index contributed by atoms with van der Waals surface area (Å²) < 4.78 is 22.1. The van der Waals surface area contributed by atoms with Crippen molar-refractivity contribution in [2.24, 2.45) is 0 Å². The molecule has 0 saturated heterocycles. The van der Waals surface area contributed by atoms with E-state index in [0.717, 1.165) is 0 Å². The maximum absolute atomic E-state index is 11.1. The van der Waals surface area contributed by atoms with E-state index < -0.39 is 11.4 Å². The predicted molar refractivity (Wildman–Crippen MR) is 19.4 cm³/mol. The largest absolute Gasteiger partial charge is 0.327 e. The Kier molecular flexibility index (Phi) is 1.93. The Morgan fingerprint density at radius 2 is 1.83 bits per heavy atom. The first-order valence-corrected chi connectivity index (χ1v) is 2.00. The van der Waals surface area contributed by atoms with Gasteiger partial charge in [-0.3, -0.25) is 0 Å². The van der Waals surface area contributed by atoms with Crippen LogP contribution in [0.15, 0.2) is 0 Å². The van der Waals surface area contributed by atoms with Crippen LogP contribution in [0.25, 0.3) is 0 Å². The number of hydrogen-bond donors (Lipinski definition) is 0. The highest BCUT2D eigenvalue weighted by molar-refractivity contribution is 9.10. The SMILES string of the molecule is [O]CC(F)(F)Br. The summed E-state index contributed by atoms with van der Waals surface area (Å²) >= 11 is 1.83. The van der Waals surface area contributed by atoms with Gasteiger partial charge < -0.3 is 0 Å². The second kappa shape index (κ2) is 1.84. The molecule has 0 unspecified atom stereocenters. The van der Waals surface area contributed by atoms with Gasteiger partial charge in [-0.05, 0) is 15.9 Å². The first-order chi connectivity index (χ1) is 2.56. The molecule has 0 N–H and O–H groups in total. The molecule has 0 aromatic rings. The van der Waals surface area contributed by atoms with Crippen LogP contribution >= 0.6 is 15.9 Å². The third-order valence-corrected chi connectivity index (χ3v) is 0.393. The van der Waals surface area contributed by atoms with Crippen LogP contribution in [0.3, 0.4) is 0 Å². The van der Waals surface area contributed by atoms with Gasteiger partial charge in [0.05, 0.1) is 0 Å². The fourth-order valence-electron chi connectivity index (χ4n) is 0. The van der Waals surface area contributed by atoms with Gasteiger partial charge in [-0.1, -0.05) is 0 Å². The standard InChI is InChI=1S/C2H2BrF2O/c3-2(4,5)1-6/h1H2. The molecule has 0 amide bonds. The first-order valence-electron chi connectivity index (χ1n) is 1.21. The quantitative estimate of drug-likeness (QED) is 0.516. The van der Waals surface area contributed by atoms with E-state index in [1.807, 2.05) is 15.9 Å². The summed E-state index contributed by atoms with van der Waals surface area (Å²) in [5.74, 6) is 0. The lowest BCUT2D eigenvalue weighted by Crippen LogP contribution is -2.08. The minimum absolute atomic E-state index is 1.40. The summed E-state index contributed by atoms with van der Waals surface area (Å²) in [5, 5.41) is 9.15. The molecule has 0 bridgehead atoms. The van der Waals surface area contributed by atoms with Crippen LogP contribution in [0.5, 0.6) is 0 Å². The van der Waals surface area contributed by atoms with Crippen molar-refractivity contribution < 1.29 is 13.9 Å². The average Bonchev–Trinajstić information content (AvgIpc) is 1.35. The van der Waals surface area contributed by atoms with E-state index in [1.165, 1.54) is 0 Å². The maximum atomic E-state index is 11.1. The van der Waals surface area contributed by atoms with Crippen LogP contribution in [0.4, 0.5) is 8.78 Å². The molecule has 0 aliphatic heterocycles. The van der Waals surface area contributed by atoms with Crippen molar-refractivity contribution >= 4 is 15.9 Å². The maximum Gasteiger partial charge on any atom is 0.327 e. The second-order valence-electron chi connectivity index (χ2n) is 0.760. The summed E-state index contributed by atoms with van der Waals surface area (Å²) in [6.07, 6.45) is 0. The van der Waals surface area contributed by atoms with Crippen molar-refractivity contribution in [3.63, 3.8) is 0 Å². The molecule has 0 atom stereocenters. The smallest absolute Gasteiger partial charge is 0.229 e. The predicted octanol–water partition coefficient (Wildman–Crippen LogP) is 1.40. The van der Waals surface area contributed by atoms with Crippen molar-refractivity contribution in [1.29, 1.82) is 0 Å². The van der Waals surface area contributed by atoms with Crippen molar-refractivity contribution in [2.45, 2.75) is 4.83 Å². The zero-order chi connectivity index (χ0) is 5.21. The second-order valence-corrected chi connectivity index (χ2v) is 1.92. The molecule has 1 radical (unpaired) electrons. The number of halogens is 3. The summed E-state index contributed by atoms with van der Waals surface area (Å²) in [6.45, 7) is -1.40. The van der Waals surface area contributed by atoms with Crippen LogP contribution in [0.2, 0.25) is 0 Å². The summed E-state index contributed by atoms with van der Waals surface area (Å²) in [4.78, 5) is -3.20. The van der Waals surface area contributed by atoms with Gasteiger partial charge in [0.2, 0.25) is 0 Å². The van der Waals surface area contributed by atoms with Gasteiger partial charge in [-0.2, -0.15) is 8.78 Å². The van der Waals surface area contributed by atoms with Crippen molar-refractivity contribution in [2.75, 3.05) is 6.61 Å². The summed E-state index contributed by atoms with van der Waals surface area (Å²) in [7, 11) is 0. The first kappa shape index (κ1) is 6.30. The Bertz CT molecular complexity index is 41.3. The van der Waals surface area contributed by atoms with E-state index in [0.29, 0.717) is 0 Å². The average molecular weight is 160 g/mol. The van der Waals surface area contributed by atoms with Gasteiger partial charge in [0.1, 0.15) is 0 Å². The minimum atomic E-state index is -3.20. The number of hydrogen-bond acceptors (Lipinski definition) is 0. The summed E-state index contributed by atoms with van der Waals surface area (Å²) in [5.41, 5.74) is 0. The van der Waals surface area contributed by atoms with Crippen LogP contribution in [0, 0.1) is 0 Å². The molecule has 6 heavy (non-hydrogen) atoms. The topological polar surface area (TPSA) is 19.9 Å². The Labute approximate surface area is 42.1 Å². The zero-order valence-corrected chi connectivity index (χ0v) is 4.34. The van der Waals surface area contributed by atoms with Gasteiger partial charge in [0.25, 0.3) is 0 Å². The van der Waals surface area contributed by atoms with E-state index in [9.17, 15) is 8.78 Å². The van der Waals surface area contributed by atoms with Gasteiger partial charge in [0, 0.05) is 0 Å². The lowest BCUT2D eigenvalue weighted by Gasteiger charge is -1.96. The fraction of sp³-hybridized carbons (Fsp3) is 1.00. The molecule has 0 aliphatic carbocycles. The van der Waals surface area contributed by atoms with E-state index in [4.69, 9.17) is 5.11 Å². The van der Waals surface area contributed by atoms with E-state index in [1.54, 1.807) is 0 Å².